The fraction of sp³-hybridized carbons (Fsp3) is 0.650. The van der Waals surface area contributed by atoms with Crippen LogP contribution in [0.3, 0.4) is 0 Å². The molecule has 1 atom stereocenters. The van der Waals surface area contributed by atoms with E-state index in [9.17, 15) is 18.0 Å². The molecule has 7 nitrogen and oxygen atoms in total. The molecule has 1 aliphatic carbocycles. The smallest absolute Gasteiger partial charge is 0.422 e. The van der Waals surface area contributed by atoms with Gasteiger partial charge in [-0.1, -0.05) is 18.9 Å². The summed E-state index contributed by atoms with van der Waals surface area (Å²) in [4.78, 5) is 22.6. The van der Waals surface area contributed by atoms with Gasteiger partial charge in [0.15, 0.2) is 12.6 Å². The summed E-state index contributed by atoms with van der Waals surface area (Å²) in [6, 6.07) is 3.19. The van der Waals surface area contributed by atoms with Gasteiger partial charge in [0.2, 0.25) is 11.8 Å². The lowest BCUT2D eigenvalue weighted by molar-refractivity contribution is -0.154. The van der Waals surface area contributed by atoms with Crippen LogP contribution in [-0.4, -0.2) is 60.7 Å². The lowest BCUT2D eigenvalue weighted by Gasteiger charge is -2.21. The van der Waals surface area contributed by atoms with Gasteiger partial charge in [-0.3, -0.25) is 9.79 Å². The average molecular weight is 555 g/mol. The number of carbonyl (C=O) groups excluding carboxylic acids is 1. The van der Waals surface area contributed by atoms with Crippen LogP contribution in [0.25, 0.3) is 0 Å². The summed E-state index contributed by atoms with van der Waals surface area (Å²) in [7, 11) is 1.66. The Kier molecular flexibility index (Phi) is 9.63. The highest BCUT2D eigenvalue weighted by molar-refractivity contribution is 14.0. The molecule has 1 unspecified atom stereocenters. The molecule has 11 heteroatoms. The monoisotopic (exact) mass is 555 g/mol. The van der Waals surface area contributed by atoms with Crippen LogP contribution in [0.4, 0.5) is 13.2 Å². The number of guanidine groups is 1. The van der Waals surface area contributed by atoms with Gasteiger partial charge >= 0.3 is 6.18 Å². The number of likely N-dealkylation sites (tertiary alicyclic amines) is 1. The van der Waals surface area contributed by atoms with Crippen LogP contribution in [0.2, 0.25) is 0 Å². The van der Waals surface area contributed by atoms with Gasteiger partial charge < -0.3 is 20.3 Å². The highest BCUT2D eigenvalue weighted by Crippen LogP contribution is 2.27. The first kappa shape index (κ1) is 25.5. The van der Waals surface area contributed by atoms with E-state index in [1.165, 1.54) is 12.3 Å². The lowest BCUT2D eigenvalue weighted by Crippen LogP contribution is -2.45. The Hall–Kier alpha value is -1.79. The maximum Gasteiger partial charge on any atom is 0.422 e. The van der Waals surface area contributed by atoms with E-state index in [-0.39, 0.29) is 47.7 Å². The van der Waals surface area contributed by atoms with E-state index in [4.69, 9.17) is 0 Å². The minimum absolute atomic E-state index is 0. The molecule has 1 saturated heterocycles. The highest BCUT2D eigenvalue weighted by atomic mass is 127. The second-order valence-electron chi connectivity index (χ2n) is 7.73. The van der Waals surface area contributed by atoms with Crippen molar-refractivity contribution in [1.29, 1.82) is 0 Å². The van der Waals surface area contributed by atoms with Crippen LogP contribution in [0.15, 0.2) is 23.3 Å². The molecule has 2 heterocycles. The third-order valence-electron chi connectivity index (χ3n) is 5.41. The zero-order chi connectivity index (χ0) is 21.6. The van der Waals surface area contributed by atoms with Crippen molar-refractivity contribution in [2.45, 2.75) is 50.9 Å². The van der Waals surface area contributed by atoms with Crippen LogP contribution in [0.1, 0.15) is 37.7 Å². The number of pyridine rings is 1. The van der Waals surface area contributed by atoms with Gasteiger partial charge in [-0.2, -0.15) is 13.2 Å². The number of rotatable bonds is 6. The molecule has 174 valence electrons. The molecule has 2 aliphatic rings. The van der Waals surface area contributed by atoms with Gasteiger partial charge in [-0.05, 0) is 24.8 Å². The third kappa shape index (κ3) is 8.00. The van der Waals surface area contributed by atoms with Crippen molar-refractivity contribution in [2.24, 2.45) is 10.9 Å². The first-order chi connectivity index (χ1) is 14.3. The van der Waals surface area contributed by atoms with Gasteiger partial charge in [-0.15, -0.1) is 24.0 Å². The van der Waals surface area contributed by atoms with Crippen LogP contribution < -0.4 is 15.4 Å². The molecule has 0 radical (unpaired) electrons. The predicted molar refractivity (Wildman–Crippen MR) is 121 cm³/mol. The molecular weight excluding hydrogens is 526 g/mol. The Morgan fingerprint density at radius 3 is 2.65 bits per heavy atom. The van der Waals surface area contributed by atoms with Crippen molar-refractivity contribution < 1.29 is 22.7 Å². The number of carbonyl (C=O) groups is 1. The summed E-state index contributed by atoms with van der Waals surface area (Å²) in [6.07, 6.45) is 2.24. The fourth-order valence-corrected chi connectivity index (χ4v) is 3.84. The molecule has 1 aromatic rings. The number of aromatic nitrogens is 1. The van der Waals surface area contributed by atoms with Crippen molar-refractivity contribution in [3.8, 4) is 5.88 Å². The number of nitrogens with one attached hydrogen (secondary N) is 2. The molecule has 1 aliphatic heterocycles. The summed E-state index contributed by atoms with van der Waals surface area (Å²) in [5, 5.41) is 6.50. The number of amides is 1. The Balaban J connectivity index is 0.00000341. The number of hydrogen-bond acceptors (Lipinski definition) is 4. The van der Waals surface area contributed by atoms with Crippen molar-refractivity contribution >= 4 is 35.8 Å². The van der Waals surface area contributed by atoms with E-state index in [1.54, 1.807) is 13.1 Å². The molecular formula is C20H29F3IN5O2. The summed E-state index contributed by atoms with van der Waals surface area (Å²) < 4.78 is 41.1. The molecule has 2 N–H and O–H groups in total. The van der Waals surface area contributed by atoms with Crippen molar-refractivity contribution in [2.75, 3.05) is 26.7 Å². The average Bonchev–Trinajstić information content (AvgIpc) is 3.41. The largest absolute Gasteiger partial charge is 0.468 e. The van der Waals surface area contributed by atoms with Crippen LogP contribution in [0.5, 0.6) is 5.88 Å². The van der Waals surface area contributed by atoms with Crippen LogP contribution in [-0.2, 0) is 11.3 Å². The molecule has 1 saturated carbocycles. The quantitative estimate of drug-likeness (QED) is 0.321. The first-order valence-electron chi connectivity index (χ1n) is 10.2. The molecule has 0 bridgehead atoms. The topological polar surface area (TPSA) is 78.9 Å². The number of hydrogen-bond donors (Lipinski definition) is 2. The fourth-order valence-electron chi connectivity index (χ4n) is 3.84. The van der Waals surface area contributed by atoms with Gasteiger partial charge in [-0.25, -0.2) is 4.98 Å². The zero-order valence-corrected chi connectivity index (χ0v) is 19.8. The Bertz CT molecular complexity index is 739. The van der Waals surface area contributed by atoms with E-state index in [2.05, 4.69) is 25.3 Å². The lowest BCUT2D eigenvalue weighted by atomic mass is 10.1. The van der Waals surface area contributed by atoms with E-state index < -0.39 is 12.8 Å². The summed E-state index contributed by atoms with van der Waals surface area (Å²) in [5.41, 5.74) is 0.779. The van der Waals surface area contributed by atoms with Gasteiger partial charge in [0.1, 0.15) is 0 Å². The second kappa shape index (κ2) is 11.7. The van der Waals surface area contributed by atoms with Gasteiger partial charge in [0.25, 0.3) is 0 Å². The van der Waals surface area contributed by atoms with Crippen molar-refractivity contribution in [1.82, 2.24) is 20.5 Å². The highest BCUT2D eigenvalue weighted by Gasteiger charge is 2.32. The number of halogens is 4. The molecule has 31 heavy (non-hydrogen) atoms. The number of nitrogens with zero attached hydrogens (tertiary/aromatic N) is 3. The Morgan fingerprint density at radius 2 is 2.03 bits per heavy atom. The molecule has 1 amide bonds. The van der Waals surface area contributed by atoms with E-state index >= 15 is 0 Å². The third-order valence-corrected chi connectivity index (χ3v) is 5.41. The van der Waals surface area contributed by atoms with Crippen LogP contribution in [0, 0.1) is 5.92 Å². The van der Waals surface area contributed by atoms with E-state index in [1.807, 2.05) is 4.90 Å². The Morgan fingerprint density at radius 1 is 1.29 bits per heavy atom. The summed E-state index contributed by atoms with van der Waals surface area (Å²) in [6.45, 7) is 0.468. The SMILES string of the molecule is CN=C(NCc1ccc(OCC(F)(F)F)nc1)NC1CCN(C(=O)C2CCCC2)C1.I. The zero-order valence-electron chi connectivity index (χ0n) is 17.5. The minimum Gasteiger partial charge on any atom is -0.468 e. The van der Waals surface area contributed by atoms with Crippen molar-refractivity contribution in [3.05, 3.63) is 23.9 Å². The molecule has 3 rings (SSSR count). The molecule has 1 aromatic heterocycles. The van der Waals surface area contributed by atoms with Crippen LogP contribution >= 0.6 is 24.0 Å². The normalized spacial score (nSPS) is 19.8. The number of ether oxygens (including phenoxy) is 1. The maximum atomic E-state index is 12.6. The first-order valence-corrected chi connectivity index (χ1v) is 10.2. The molecule has 0 spiro atoms. The van der Waals surface area contributed by atoms with Crippen molar-refractivity contribution in [3.63, 3.8) is 0 Å². The maximum absolute atomic E-state index is 12.6. The second-order valence-corrected chi connectivity index (χ2v) is 7.73. The van der Waals surface area contributed by atoms with E-state index in [0.717, 1.165) is 44.2 Å². The predicted octanol–water partition coefficient (Wildman–Crippen LogP) is 3.10. The molecule has 2 fully saturated rings. The Labute approximate surface area is 197 Å². The van der Waals surface area contributed by atoms with E-state index in [0.29, 0.717) is 19.0 Å². The molecule has 0 aromatic carbocycles. The summed E-state index contributed by atoms with van der Waals surface area (Å²) >= 11 is 0. The minimum atomic E-state index is -4.39. The number of aliphatic imine (C=N–C) groups is 1. The summed E-state index contributed by atoms with van der Waals surface area (Å²) in [5.74, 6) is 1.000. The number of alkyl halides is 3. The van der Waals surface area contributed by atoms with Gasteiger partial charge in [0, 0.05) is 50.9 Å². The standard InChI is InChI=1S/C20H28F3N5O2.HI/c1-24-19(26-11-14-6-7-17(25-10-14)30-13-20(21,22)23)27-16-8-9-28(12-16)18(29)15-4-2-3-5-15;/h6-7,10,15-16H,2-5,8-9,11-13H2,1H3,(H2,24,26,27);1H. The van der Waals surface area contributed by atoms with Gasteiger partial charge in [0.05, 0.1) is 0 Å².